The Labute approximate surface area is 220 Å². The van der Waals surface area contributed by atoms with Gasteiger partial charge in [-0.3, -0.25) is 0 Å². The second-order valence-corrected chi connectivity index (χ2v) is 10.7. The molecule has 0 spiro atoms. The van der Waals surface area contributed by atoms with E-state index in [2.05, 4.69) is 4.98 Å². The van der Waals surface area contributed by atoms with Crippen molar-refractivity contribution in [3.8, 4) is 28.1 Å². The van der Waals surface area contributed by atoms with E-state index in [9.17, 15) is 9.90 Å². The zero-order valence-corrected chi connectivity index (χ0v) is 21.8. The van der Waals surface area contributed by atoms with Crippen LogP contribution in [-0.2, 0) is 6.54 Å². The molecule has 0 aliphatic heterocycles. The summed E-state index contributed by atoms with van der Waals surface area (Å²) in [5.41, 5.74) is 4.19. The maximum atomic E-state index is 13.7. The quantitative estimate of drug-likeness (QED) is 0.256. The molecule has 0 atom stereocenters. The van der Waals surface area contributed by atoms with Gasteiger partial charge in [-0.1, -0.05) is 53.0 Å². The van der Waals surface area contributed by atoms with Crippen molar-refractivity contribution >= 4 is 51.8 Å². The van der Waals surface area contributed by atoms with Crippen LogP contribution in [0.2, 0.25) is 14.5 Å². The van der Waals surface area contributed by atoms with Crippen LogP contribution >= 0.6 is 46.1 Å². The summed E-state index contributed by atoms with van der Waals surface area (Å²) in [6.07, 6.45) is 3.36. The van der Waals surface area contributed by atoms with Gasteiger partial charge in [0.25, 0.3) is 11.5 Å². The van der Waals surface area contributed by atoms with Gasteiger partial charge in [0, 0.05) is 32.9 Å². The maximum absolute atomic E-state index is 13.7. The largest absolute Gasteiger partial charge is 0.477 e. The van der Waals surface area contributed by atoms with Gasteiger partial charge in [0.2, 0.25) is 0 Å². The monoisotopic (exact) mass is 542 g/mol. The highest BCUT2D eigenvalue weighted by molar-refractivity contribution is 7.15. The highest BCUT2D eigenvalue weighted by Gasteiger charge is 2.27. The minimum Gasteiger partial charge on any atom is -0.477 e. The van der Waals surface area contributed by atoms with Gasteiger partial charge in [0.1, 0.15) is 6.54 Å². The first-order valence-corrected chi connectivity index (χ1v) is 12.6. The number of halogens is 3. The molecule has 2 aromatic carbocycles. The molecule has 0 saturated heterocycles. The van der Waals surface area contributed by atoms with Crippen LogP contribution in [0, 0.1) is 13.8 Å². The lowest BCUT2D eigenvalue weighted by Crippen LogP contribution is -2.41. The molecular weight excluding hydrogens is 525 g/mol. The van der Waals surface area contributed by atoms with Gasteiger partial charge in [-0.2, -0.15) is 8.97 Å². The average Bonchev–Trinajstić information content (AvgIpc) is 3.23. The van der Waals surface area contributed by atoms with Crippen LogP contribution in [-0.4, -0.2) is 14.5 Å². The number of pyridine rings is 1. The van der Waals surface area contributed by atoms with Gasteiger partial charge in [0.05, 0.1) is 11.1 Å². The number of aromatic nitrogens is 3. The SMILES string of the molecule is Cc1ccc(-c2cc(-c3c(O)[n+](Cc4cnc(Cl)s4)c4c(C)cccn4c3=O)ccc2Cl)c(Cl)c1. The number of nitrogens with zero attached hydrogens (tertiary/aromatic N) is 3. The summed E-state index contributed by atoms with van der Waals surface area (Å²) >= 11 is 20.4. The molecule has 176 valence electrons. The van der Waals surface area contributed by atoms with Crippen LogP contribution in [0.25, 0.3) is 27.9 Å². The number of fused-ring (bicyclic) bond motifs is 1. The maximum Gasteiger partial charge on any atom is 0.354 e. The van der Waals surface area contributed by atoms with Crippen molar-refractivity contribution in [3.63, 3.8) is 0 Å². The first kappa shape index (κ1) is 23.8. The Balaban J connectivity index is 1.78. The van der Waals surface area contributed by atoms with Crippen LogP contribution in [0.4, 0.5) is 0 Å². The molecule has 3 aromatic heterocycles. The Morgan fingerprint density at radius 2 is 1.83 bits per heavy atom. The molecule has 0 aliphatic carbocycles. The third kappa shape index (κ3) is 4.32. The van der Waals surface area contributed by atoms with Gasteiger partial charge < -0.3 is 5.11 Å². The molecule has 0 fully saturated rings. The van der Waals surface area contributed by atoms with E-state index in [1.807, 2.05) is 38.1 Å². The van der Waals surface area contributed by atoms with Crippen molar-refractivity contribution in [2.75, 3.05) is 0 Å². The third-order valence-electron chi connectivity index (χ3n) is 5.84. The molecule has 35 heavy (non-hydrogen) atoms. The second-order valence-electron chi connectivity index (χ2n) is 8.23. The predicted molar refractivity (Wildman–Crippen MR) is 142 cm³/mol. The van der Waals surface area contributed by atoms with E-state index in [-0.39, 0.29) is 17.0 Å². The Bertz CT molecular complexity index is 1680. The third-order valence-corrected chi connectivity index (χ3v) is 7.58. The fourth-order valence-electron chi connectivity index (χ4n) is 4.21. The number of aromatic hydroxyl groups is 1. The number of benzene rings is 2. The fourth-order valence-corrected chi connectivity index (χ4v) is 5.73. The highest BCUT2D eigenvalue weighted by Crippen LogP contribution is 2.37. The van der Waals surface area contributed by atoms with Gasteiger partial charge >= 0.3 is 5.56 Å². The second kappa shape index (κ2) is 9.28. The summed E-state index contributed by atoms with van der Waals surface area (Å²) in [5.74, 6) is -0.155. The van der Waals surface area contributed by atoms with Crippen molar-refractivity contribution < 1.29 is 9.67 Å². The lowest BCUT2D eigenvalue weighted by Gasteiger charge is -2.13. The number of thiazole rings is 1. The average molecular weight is 544 g/mol. The Kier molecular flexibility index (Phi) is 6.32. The summed E-state index contributed by atoms with van der Waals surface area (Å²) in [6, 6.07) is 14.6. The molecule has 3 heterocycles. The van der Waals surface area contributed by atoms with Crippen molar-refractivity contribution in [1.82, 2.24) is 9.38 Å². The van der Waals surface area contributed by atoms with Crippen molar-refractivity contribution in [2.45, 2.75) is 20.4 Å². The van der Waals surface area contributed by atoms with Crippen LogP contribution in [0.1, 0.15) is 16.0 Å². The molecule has 0 bridgehead atoms. The lowest BCUT2D eigenvalue weighted by atomic mass is 9.99. The van der Waals surface area contributed by atoms with Crippen LogP contribution in [0.3, 0.4) is 0 Å². The molecule has 5 nitrogen and oxygen atoms in total. The molecule has 5 rings (SSSR count). The van der Waals surface area contributed by atoms with E-state index in [1.165, 1.54) is 11.3 Å². The zero-order chi connectivity index (χ0) is 24.9. The summed E-state index contributed by atoms with van der Waals surface area (Å²) in [6.45, 7) is 4.14. The standard InChI is InChI=1S/C26H18Cl3N3O2S/c1-14-5-7-18(21(28)10-14)19-11-16(6-8-20(19)27)22-24(33)31-9-3-4-15(2)23(31)32(25(22)34)13-17-12-30-26(29)35-17/h3-12H,13H2,1-2H3/p+1. The van der Waals surface area contributed by atoms with Gasteiger partial charge in [-0.25, -0.2) is 9.78 Å². The van der Waals surface area contributed by atoms with Crippen LogP contribution in [0.5, 0.6) is 5.88 Å². The molecular formula is C26H19Cl3N3O2S+. The minimum absolute atomic E-state index is 0.155. The molecule has 1 N–H and O–H groups in total. The summed E-state index contributed by atoms with van der Waals surface area (Å²) in [7, 11) is 0. The number of aryl methyl sites for hydroxylation is 2. The number of hydrogen-bond acceptors (Lipinski definition) is 4. The van der Waals surface area contributed by atoms with Crippen molar-refractivity contribution in [3.05, 3.63) is 102 Å². The normalized spacial score (nSPS) is 11.3. The van der Waals surface area contributed by atoms with Crippen LogP contribution in [0.15, 0.2) is 65.7 Å². The van der Waals surface area contributed by atoms with E-state index >= 15 is 0 Å². The van der Waals surface area contributed by atoms with Crippen molar-refractivity contribution in [1.29, 1.82) is 0 Å². The molecule has 0 aliphatic rings. The molecule has 0 amide bonds. The van der Waals surface area contributed by atoms with E-state index in [4.69, 9.17) is 34.8 Å². The molecule has 5 aromatic rings. The van der Waals surface area contributed by atoms with Gasteiger partial charge in [0.15, 0.2) is 10.0 Å². The predicted octanol–water partition coefficient (Wildman–Crippen LogP) is 6.71. The van der Waals surface area contributed by atoms with Crippen molar-refractivity contribution in [2.24, 2.45) is 0 Å². The number of hydrogen-bond donors (Lipinski definition) is 1. The highest BCUT2D eigenvalue weighted by atomic mass is 35.5. The fraction of sp³-hybridized carbons (Fsp3) is 0.115. The Hall–Kier alpha value is -2.90. The van der Waals surface area contributed by atoms with E-state index in [1.54, 1.807) is 45.6 Å². The number of rotatable bonds is 4. The van der Waals surface area contributed by atoms with E-state index in [0.29, 0.717) is 37.8 Å². The lowest BCUT2D eigenvalue weighted by molar-refractivity contribution is -0.671. The first-order valence-electron chi connectivity index (χ1n) is 10.7. The molecule has 9 heteroatoms. The summed E-state index contributed by atoms with van der Waals surface area (Å²) < 4.78 is 3.65. The summed E-state index contributed by atoms with van der Waals surface area (Å²) in [5, 5.41) is 12.5. The Morgan fingerprint density at radius 3 is 2.54 bits per heavy atom. The smallest absolute Gasteiger partial charge is 0.354 e. The van der Waals surface area contributed by atoms with E-state index < -0.39 is 0 Å². The Morgan fingerprint density at radius 1 is 1.03 bits per heavy atom. The minimum atomic E-state index is -0.344. The molecule has 0 saturated carbocycles. The van der Waals surface area contributed by atoms with Gasteiger partial charge in [-0.15, -0.1) is 11.3 Å². The summed E-state index contributed by atoms with van der Waals surface area (Å²) in [4.78, 5) is 18.6. The zero-order valence-electron chi connectivity index (χ0n) is 18.7. The molecule has 0 radical (unpaired) electrons. The first-order chi connectivity index (χ1) is 16.7. The topological polar surface area (TPSA) is 58.5 Å². The molecule has 0 unspecified atom stereocenters. The van der Waals surface area contributed by atoms with Crippen LogP contribution < -0.4 is 10.1 Å². The van der Waals surface area contributed by atoms with E-state index in [0.717, 1.165) is 21.6 Å². The van der Waals surface area contributed by atoms with Gasteiger partial charge in [-0.05, 0) is 55.3 Å².